The van der Waals surface area contributed by atoms with Crippen molar-refractivity contribution in [1.29, 1.82) is 0 Å². The van der Waals surface area contributed by atoms with E-state index in [0.717, 1.165) is 18.8 Å². The molecule has 4 heteroatoms. The van der Waals surface area contributed by atoms with E-state index in [1.807, 2.05) is 6.92 Å². The van der Waals surface area contributed by atoms with E-state index in [-0.39, 0.29) is 12.1 Å². The van der Waals surface area contributed by atoms with Crippen molar-refractivity contribution in [2.75, 3.05) is 20.8 Å². The summed E-state index contributed by atoms with van der Waals surface area (Å²) in [6.07, 6.45) is 5.00. The monoisotopic (exact) mass is 243 g/mol. The smallest absolute Gasteiger partial charge is 0.328 e. The molecule has 1 saturated carbocycles. The lowest BCUT2D eigenvalue weighted by Crippen LogP contribution is -2.52. The van der Waals surface area contributed by atoms with Gasteiger partial charge in [-0.2, -0.15) is 0 Å². The summed E-state index contributed by atoms with van der Waals surface area (Å²) < 4.78 is 10.7. The number of hydrogen-bond acceptors (Lipinski definition) is 4. The number of esters is 1. The predicted molar refractivity (Wildman–Crippen MR) is 66.9 cm³/mol. The topological polar surface area (TPSA) is 47.6 Å². The number of hydrogen-bond donors (Lipinski definition) is 1. The van der Waals surface area contributed by atoms with Gasteiger partial charge in [0.05, 0.1) is 19.8 Å². The Labute approximate surface area is 104 Å². The Bertz CT molecular complexity index is 257. The Morgan fingerprint density at radius 3 is 2.71 bits per heavy atom. The van der Waals surface area contributed by atoms with Crippen LogP contribution in [0.25, 0.3) is 0 Å². The molecule has 0 saturated heterocycles. The molecular weight excluding hydrogens is 218 g/mol. The van der Waals surface area contributed by atoms with E-state index in [0.29, 0.717) is 6.61 Å². The van der Waals surface area contributed by atoms with Gasteiger partial charge >= 0.3 is 5.97 Å². The van der Waals surface area contributed by atoms with Gasteiger partial charge in [-0.3, -0.25) is 0 Å². The van der Waals surface area contributed by atoms with Gasteiger partial charge in [0.2, 0.25) is 0 Å². The molecule has 1 aliphatic carbocycles. The summed E-state index contributed by atoms with van der Waals surface area (Å²) in [5.74, 6) is 0.455. The maximum absolute atomic E-state index is 11.6. The molecule has 100 valence electrons. The van der Waals surface area contributed by atoms with Crippen LogP contribution in [-0.4, -0.2) is 38.4 Å². The van der Waals surface area contributed by atoms with E-state index in [1.54, 1.807) is 7.05 Å². The highest BCUT2D eigenvalue weighted by molar-refractivity contribution is 5.80. The van der Waals surface area contributed by atoms with Crippen molar-refractivity contribution in [1.82, 2.24) is 5.32 Å². The Balaban J connectivity index is 2.44. The Morgan fingerprint density at radius 1 is 1.47 bits per heavy atom. The minimum Gasteiger partial charge on any atom is -0.468 e. The van der Waals surface area contributed by atoms with E-state index in [4.69, 9.17) is 9.47 Å². The zero-order valence-electron chi connectivity index (χ0n) is 11.4. The maximum Gasteiger partial charge on any atom is 0.328 e. The highest BCUT2D eigenvalue weighted by Gasteiger charge is 2.34. The molecule has 17 heavy (non-hydrogen) atoms. The van der Waals surface area contributed by atoms with Gasteiger partial charge in [0.25, 0.3) is 0 Å². The summed E-state index contributed by atoms with van der Waals surface area (Å²) in [7, 11) is 3.16. The molecule has 0 aromatic carbocycles. The molecule has 0 radical (unpaired) electrons. The lowest BCUT2D eigenvalue weighted by molar-refractivity contribution is -0.151. The van der Waals surface area contributed by atoms with E-state index >= 15 is 0 Å². The van der Waals surface area contributed by atoms with Crippen LogP contribution in [0.2, 0.25) is 0 Å². The summed E-state index contributed by atoms with van der Waals surface area (Å²) in [4.78, 5) is 11.6. The highest BCUT2D eigenvalue weighted by Crippen LogP contribution is 2.26. The van der Waals surface area contributed by atoms with E-state index in [9.17, 15) is 4.79 Å². The van der Waals surface area contributed by atoms with Crippen molar-refractivity contribution in [3.05, 3.63) is 0 Å². The molecule has 1 aliphatic rings. The van der Waals surface area contributed by atoms with E-state index in [1.165, 1.54) is 20.0 Å². The van der Waals surface area contributed by atoms with Crippen molar-refractivity contribution in [3.63, 3.8) is 0 Å². The first kappa shape index (κ1) is 14.5. The first-order valence-corrected chi connectivity index (χ1v) is 6.40. The summed E-state index contributed by atoms with van der Waals surface area (Å²) in [6, 6.07) is 0. The van der Waals surface area contributed by atoms with Crippen LogP contribution in [0.4, 0.5) is 0 Å². The van der Waals surface area contributed by atoms with Gasteiger partial charge in [-0.05, 0) is 32.7 Å². The largest absolute Gasteiger partial charge is 0.468 e. The molecule has 1 N–H and O–H groups in total. The second-order valence-electron chi connectivity index (χ2n) is 5.28. The molecule has 4 nitrogen and oxygen atoms in total. The summed E-state index contributed by atoms with van der Waals surface area (Å²) in [5.41, 5.74) is -0.741. The molecule has 0 aromatic rings. The van der Waals surface area contributed by atoms with E-state index in [2.05, 4.69) is 12.2 Å². The fourth-order valence-electron chi connectivity index (χ4n) is 2.27. The number of ether oxygens (including phenoxy) is 2. The van der Waals surface area contributed by atoms with Crippen LogP contribution in [0.15, 0.2) is 0 Å². The van der Waals surface area contributed by atoms with Crippen molar-refractivity contribution < 1.29 is 14.3 Å². The Morgan fingerprint density at radius 2 is 2.18 bits per heavy atom. The summed E-state index contributed by atoms with van der Waals surface area (Å²) >= 11 is 0. The fourth-order valence-corrected chi connectivity index (χ4v) is 2.27. The molecular formula is C13H25NO3. The molecule has 0 heterocycles. The van der Waals surface area contributed by atoms with Crippen LogP contribution in [0, 0.1) is 5.92 Å². The van der Waals surface area contributed by atoms with Crippen LogP contribution in [0.1, 0.15) is 39.5 Å². The lowest BCUT2D eigenvalue weighted by atomic mass is 9.88. The quantitative estimate of drug-likeness (QED) is 0.747. The average molecular weight is 243 g/mol. The fraction of sp³-hybridized carbons (Fsp3) is 0.923. The predicted octanol–water partition coefficient (Wildman–Crippen LogP) is 1.73. The van der Waals surface area contributed by atoms with Crippen molar-refractivity contribution >= 4 is 5.97 Å². The SMILES string of the molecule is CNC(C)(COC1CCCC(C)C1)C(=O)OC. The third-order valence-electron chi connectivity index (χ3n) is 3.68. The highest BCUT2D eigenvalue weighted by atomic mass is 16.5. The second-order valence-corrected chi connectivity index (χ2v) is 5.28. The van der Waals surface area contributed by atoms with Gasteiger partial charge in [-0.1, -0.05) is 19.8 Å². The van der Waals surface area contributed by atoms with Crippen LogP contribution >= 0.6 is 0 Å². The number of methoxy groups -OCH3 is 1. The summed E-state index contributed by atoms with van der Waals surface area (Å²) in [5, 5.41) is 2.98. The molecule has 1 fully saturated rings. The molecule has 3 unspecified atom stereocenters. The van der Waals surface area contributed by atoms with Crippen LogP contribution in [0.5, 0.6) is 0 Å². The van der Waals surface area contributed by atoms with Gasteiger partial charge in [-0.15, -0.1) is 0 Å². The van der Waals surface area contributed by atoms with Gasteiger partial charge in [0.15, 0.2) is 0 Å². The Kier molecular flexibility index (Phi) is 5.40. The Hall–Kier alpha value is -0.610. The normalized spacial score (nSPS) is 28.5. The zero-order chi connectivity index (χ0) is 12.9. The summed E-state index contributed by atoms with van der Waals surface area (Å²) in [6.45, 7) is 4.44. The molecule has 1 rings (SSSR count). The van der Waals surface area contributed by atoms with Gasteiger partial charge in [0.1, 0.15) is 5.54 Å². The zero-order valence-corrected chi connectivity index (χ0v) is 11.4. The third-order valence-corrected chi connectivity index (χ3v) is 3.68. The maximum atomic E-state index is 11.6. The lowest BCUT2D eigenvalue weighted by Gasteiger charge is -2.31. The molecule has 3 atom stereocenters. The first-order valence-electron chi connectivity index (χ1n) is 6.40. The van der Waals surface area contributed by atoms with E-state index < -0.39 is 5.54 Å². The second kappa shape index (κ2) is 6.36. The molecule has 0 spiro atoms. The minimum absolute atomic E-state index is 0.274. The number of nitrogens with one attached hydrogen (secondary N) is 1. The van der Waals surface area contributed by atoms with Crippen LogP contribution < -0.4 is 5.32 Å². The molecule has 0 bridgehead atoms. The van der Waals surface area contributed by atoms with Crippen LogP contribution in [0.3, 0.4) is 0 Å². The number of rotatable bonds is 5. The molecule has 0 aliphatic heterocycles. The van der Waals surface area contributed by atoms with Crippen LogP contribution in [-0.2, 0) is 14.3 Å². The van der Waals surface area contributed by atoms with Gasteiger partial charge < -0.3 is 14.8 Å². The van der Waals surface area contributed by atoms with Crippen molar-refractivity contribution in [2.24, 2.45) is 5.92 Å². The molecule has 0 amide bonds. The number of likely N-dealkylation sites (N-methyl/N-ethyl adjacent to an activating group) is 1. The number of carbonyl (C=O) groups is 1. The van der Waals surface area contributed by atoms with Gasteiger partial charge in [0, 0.05) is 0 Å². The third kappa shape index (κ3) is 3.96. The standard InChI is InChI=1S/C13H25NO3/c1-10-6-5-7-11(8-10)17-9-13(2,14-3)12(15)16-4/h10-11,14H,5-9H2,1-4H3. The minimum atomic E-state index is -0.741. The van der Waals surface area contributed by atoms with Crippen molar-refractivity contribution in [2.45, 2.75) is 51.2 Å². The first-order chi connectivity index (χ1) is 8.01. The number of carbonyl (C=O) groups excluding carboxylic acids is 1. The average Bonchev–Trinajstić information content (AvgIpc) is 2.35. The molecule has 0 aromatic heterocycles. The van der Waals surface area contributed by atoms with Gasteiger partial charge in [-0.25, -0.2) is 4.79 Å². The van der Waals surface area contributed by atoms with Crippen molar-refractivity contribution in [3.8, 4) is 0 Å².